The van der Waals surface area contributed by atoms with Gasteiger partial charge in [-0.3, -0.25) is 9.97 Å². The smallest absolute Gasteiger partial charge is 0.0753 e. The zero-order valence-corrected chi connectivity index (χ0v) is 11.9. The van der Waals surface area contributed by atoms with E-state index in [1.807, 2.05) is 29.8 Å². The molecule has 0 unspecified atom stereocenters. The molecule has 0 amide bonds. The number of nitrogens with zero attached hydrogens (tertiary/aromatic N) is 3. The van der Waals surface area contributed by atoms with Crippen LogP contribution >= 0.6 is 11.3 Å². The van der Waals surface area contributed by atoms with Crippen LogP contribution in [0.4, 0.5) is 5.69 Å². The first kappa shape index (κ1) is 11.9. The molecule has 100 valence electrons. The largest absolute Gasteiger partial charge is 0.363 e. The Morgan fingerprint density at radius 1 is 1.20 bits per heavy atom. The molecule has 4 heterocycles. The van der Waals surface area contributed by atoms with Gasteiger partial charge in [0.1, 0.15) is 0 Å². The number of hydrogen-bond acceptors (Lipinski definition) is 4. The molecule has 0 bridgehead atoms. The highest BCUT2D eigenvalue weighted by molar-refractivity contribution is 7.10. The van der Waals surface area contributed by atoms with Crippen LogP contribution in [0.15, 0.2) is 48.2 Å². The molecule has 4 heteroatoms. The Hall–Kier alpha value is -1.94. The second-order valence-electron chi connectivity index (χ2n) is 5.09. The third-order valence-electron chi connectivity index (χ3n) is 3.95. The van der Waals surface area contributed by atoms with Gasteiger partial charge in [0.25, 0.3) is 0 Å². The molecule has 0 radical (unpaired) electrons. The van der Waals surface area contributed by atoms with Crippen LogP contribution in [0.25, 0.3) is 10.9 Å². The van der Waals surface area contributed by atoms with Crippen LogP contribution in [0.3, 0.4) is 0 Å². The van der Waals surface area contributed by atoms with E-state index < -0.39 is 0 Å². The van der Waals surface area contributed by atoms with Gasteiger partial charge in [0, 0.05) is 41.1 Å². The van der Waals surface area contributed by atoms with Crippen molar-refractivity contribution in [3.8, 4) is 0 Å². The molecule has 1 aliphatic heterocycles. The fourth-order valence-corrected chi connectivity index (χ4v) is 3.93. The molecule has 0 aliphatic carbocycles. The van der Waals surface area contributed by atoms with Gasteiger partial charge in [-0.15, -0.1) is 11.3 Å². The molecule has 3 aromatic heterocycles. The normalized spacial score (nSPS) is 18.8. The van der Waals surface area contributed by atoms with Crippen molar-refractivity contribution in [2.75, 3.05) is 11.4 Å². The Morgan fingerprint density at radius 2 is 2.20 bits per heavy atom. The lowest BCUT2D eigenvalue weighted by Gasteiger charge is -2.27. The molecule has 20 heavy (non-hydrogen) atoms. The number of aromatic nitrogens is 2. The summed E-state index contributed by atoms with van der Waals surface area (Å²) in [6, 6.07) is 8.99. The van der Waals surface area contributed by atoms with E-state index in [0.29, 0.717) is 6.04 Å². The van der Waals surface area contributed by atoms with E-state index in [4.69, 9.17) is 0 Å². The molecule has 1 fully saturated rings. The van der Waals surface area contributed by atoms with Gasteiger partial charge in [0.15, 0.2) is 0 Å². The first-order valence-electron chi connectivity index (χ1n) is 6.92. The molecule has 4 rings (SSSR count). The predicted molar refractivity (Wildman–Crippen MR) is 83.2 cm³/mol. The van der Waals surface area contributed by atoms with Crippen molar-refractivity contribution in [2.24, 2.45) is 0 Å². The van der Waals surface area contributed by atoms with Crippen molar-refractivity contribution in [3.05, 3.63) is 53.1 Å². The topological polar surface area (TPSA) is 29.0 Å². The van der Waals surface area contributed by atoms with Crippen molar-refractivity contribution < 1.29 is 0 Å². The second-order valence-corrected chi connectivity index (χ2v) is 6.07. The van der Waals surface area contributed by atoms with Gasteiger partial charge >= 0.3 is 0 Å². The highest BCUT2D eigenvalue weighted by Crippen LogP contribution is 2.40. The summed E-state index contributed by atoms with van der Waals surface area (Å²) in [5.74, 6) is 0. The molecule has 0 spiro atoms. The highest BCUT2D eigenvalue weighted by Gasteiger charge is 2.28. The SMILES string of the molecule is c1csc([C@H]2CCCN2c2ccnc3ccncc23)c1. The summed E-state index contributed by atoms with van der Waals surface area (Å²) in [5, 5.41) is 3.32. The van der Waals surface area contributed by atoms with Gasteiger partial charge in [-0.2, -0.15) is 0 Å². The third kappa shape index (κ3) is 1.88. The molecular formula is C16H15N3S. The molecule has 0 N–H and O–H groups in total. The summed E-state index contributed by atoms with van der Waals surface area (Å²) in [5.41, 5.74) is 2.29. The Kier molecular flexibility index (Phi) is 2.89. The van der Waals surface area contributed by atoms with Crippen LogP contribution in [-0.4, -0.2) is 16.5 Å². The van der Waals surface area contributed by atoms with Gasteiger partial charge in [0.2, 0.25) is 0 Å². The summed E-state index contributed by atoms with van der Waals surface area (Å²) in [4.78, 5) is 12.7. The zero-order chi connectivity index (χ0) is 13.4. The number of pyridine rings is 2. The fourth-order valence-electron chi connectivity index (χ4n) is 3.06. The minimum atomic E-state index is 0.501. The lowest BCUT2D eigenvalue weighted by molar-refractivity contribution is 0.735. The Morgan fingerprint density at radius 3 is 3.10 bits per heavy atom. The van der Waals surface area contributed by atoms with Gasteiger partial charge < -0.3 is 4.90 Å². The lowest BCUT2D eigenvalue weighted by Crippen LogP contribution is -2.22. The minimum absolute atomic E-state index is 0.501. The van der Waals surface area contributed by atoms with Gasteiger partial charge in [-0.25, -0.2) is 0 Å². The standard InChI is InChI=1S/C16H15N3S/c1-3-15(16-4-2-10-20-16)19(9-1)14-6-8-18-13-5-7-17-11-12(13)14/h2,4-8,10-11,15H,1,3,9H2/t15-/m1/s1. The van der Waals surface area contributed by atoms with Crippen LogP contribution in [0.5, 0.6) is 0 Å². The van der Waals surface area contributed by atoms with Crippen LogP contribution in [0.2, 0.25) is 0 Å². The van der Waals surface area contributed by atoms with Gasteiger partial charge in [0.05, 0.1) is 11.6 Å². The van der Waals surface area contributed by atoms with E-state index in [-0.39, 0.29) is 0 Å². The van der Waals surface area contributed by atoms with Crippen molar-refractivity contribution in [3.63, 3.8) is 0 Å². The van der Waals surface area contributed by atoms with E-state index in [9.17, 15) is 0 Å². The molecular weight excluding hydrogens is 266 g/mol. The quantitative estimate of drug-likeness (QED) is 0.710. The average Bonchev–Trinajstić information content (AvgIpc) is 3.17. The maximum absolute atomic E-state index is 4.44. The number of hydrogen-bond donors (Lipinski definition) is 0. The lowest BCUT2D eigenvalue weighted by atomic mass is 10.1. The summed E-state index contributed by atoms with van der Waals surface area (Å²) in [6.07, 6.45) is 8.11. The molecule has 0 saturated carbocycles. The maximum Gasteiger partial charge on any atom is 0.0753 e. The fraction of sp³-hybridized carbons (Fsp3) is 0.250. The van der Waals surface area contributed by atoms with E-state index in [1.54, 1.807) is 6.20 Å². The van der Waals surface area contributed by atoms with E-state index in [2.05, 4.69) is 38.4 Å². The van der Waals surface area contributed by atoms with Gasteiger partial charge in [-0.05, 0) is 36.4 Å². The molecule has 1 saturated heterocycles. The zero-order valence-electron chi connectivity index (χ0n) is 11.1. The van der Waals surface area contributed by atoms with Crippen LogP contribution in [-0.2, 0) is 0 Å². The number of thiophene rings is 1. The van der Waals surface area contributed by atoms with Gasteiger partial charge in [-0.1, -0.05) is 6.07 Å². The van der Waals surface area contributed by atoms with Crippen LogP contribution in [0, 0.1) is 0 Å². The molecule has 3 aromatic rings. The van der Waals surface area contributed by atoms with E-state index in [1.165, 1.54) is 23.4 Å². The van der Waals surface area contributed by atoms with Crippen molar-refractivity contribution >= 4 is 27.9 Å². The van der Waals surface area contributed by atoms with Crippen molar-refractivity contribution in [2.45, 2.75) is 18.9 Å². The number of rotatable bonds is 2. The highest BCUT2D eigenvalue weighted by atomic mass is 32.1. The molecule has 1 aliphatic rings. The number of fused-ring (bicyclic) bond motifs is 1. The van der Waals surface area contributed by atoms with Crippen molar-refractivity contribution in [1.29, 1.82) is 0 Å². The minimum Gasteiger partial charge on any atom is -0.363 e. The first-order chi connectivity index (χ1) is 9.93. The van der Waals surface area contributed by atoms with Crippen molar-refractivity contribution in [1.82, 2.24) is 9.97 Å². The number of anilines is 1. The summed E-state index contributed by atoms with van der Waals surface area (Å²) >= 11 is 1.85. The Balaban J connectivity index is 1.82. The molecule has 0 aromatic carbocycles. The first-order valence-corrected chi connectivity index (χ1v) is 7.80. The maximum atomic E-state index is 4.44. The summed E-state index contributed by atoms with van der Waals surface area (Å²) < 4.78 is 0. The average molecular weight is 281 g/mol. The molecule has 3 nitrogen and oxygen atoms in total. The molecule has 1 atom stereocenters. The van der Waals surface area contributed by atoms with Crippen LogP contribution < -0.4 is 4.90 Å². The second kappa shape index (κ2) is 4.87. The third-order valence-corrected chi connectivity index (χ3v) is 4.93. The Labute approximate surface area is 121 Å². The summed E-state index contributed by atoms with van der Waals surface area (Å²) in [6.45, 7) is 1.11. The predicted octanol–water partition coefficient (Wildman–Crippen LogP) is 4.03. The van der Waals surface area contributed by atoms with E-state index >= 15 is 0 Å². The Bertz CT molecular complexity index is 718. The monoisotopic (exact) mass is 281 g/mol. The summed E-state index contributed by atoms with van der Waals surface area (Å²) in [7, 11) is 0. The van der Waals surface area contributed by atoms with E-state index in [0.717, 1.165) is 17.4 Å². The van der Waals surface area contributed by atoms with Crippen LogP contribution in [0.1, 0.15) is 23.8 Å².